The Morgan fingerprint density at radius 2 is 1.75 bits per heavy atom. The van der Waals surface area contributed by atoms with Gasteiger partial charge in [0.05, 0.1) is 13.7 Å². The minimum absolute atomic E-state index is 0.338. The van der Waals surface area contributed by atoms with Crippen LogP contribution in [0.5, 0.6) is 0 Å². The normalized spacial score (nSPS) is 17.0. The zero-order valence-corrected chi connectivity index (χ0v) is 12.4. The van der Waals surface area contributed by atoms with Gasteiger partial charge in [-0.2, -0.15) is 0 Å². The van der Waals surface area contributed by atoms with Crippen LogP contribution in [0, 0.1) is 0 Å². The van der Waals surface area contributed by atoms with Crippen LogP contribution in [0.2, 0.25) is 19.6 Å². The van der Waals surface area contributed by atoms with Crippen molar-refractivity contribution in [2.45, 2.75) is 51.3 Å². The van der Waals surface area contributed by atoms with E-state index < -0.39 is 13.7 Å². The SMILES string of the molecule is COC(CC(C)(O)C/C=C/[Si](C)(C)C)OC. The maximum atomic E-state index is 10.1. The second-order valence-corrected chi connectivity index (χ2v) is 10.6. The van der Waals surface area contributed by atoms with Gasteiger partial charge in [0.25, 0.3) is 0 Å². The molecule has 0 aromatic heterocycles. The first kappa shape index (κ1) is 15.8. The largest absolute Gasteiger partial charge is 0.390 e. The lowest BCUT2D eigenvalue weighted by Gasteiger charge is -2.26. The van der Waals surface area contributed by atoms with Crippen LogP contribution in [0.3, 0.4) is 0 Å². The molecular weight excluding hydrogens is 220 g/mol. The molecular formula is C12H26O3Si. The molecule has 0 rings (SSSR count). The molecule has 0 aliphatic heterocycles. The Hall–Kier alpha value is -0.163. The van der Waals surface area contributed by atoms with Gasteiger partial charge in [0.15, 0.2) is 6.29 Å². The standard InChI is InChI=1S/C12H26O3Si/c1-12(13,10-11(14-2)15-3)8-7-9-16(4,5)6/h7,9,11,13H,8,10H2,1-6H3/b9-7+. The van der Waals surface area contributed by atoms with Crippen molar-refractivity contribution in [2.24, 2.45) is 0 Å². The molecule has 0 fully saturated rings. The van der Waals surface area contributed by atoms with Crippen molar-refractivity contribution < 1.29 is 14.6 Å². The molecule has 0 saturated carbocycles. The Labute approximate surface area is 100 Å². The van der Waals surface area contributed by atoms with Gasteiger partial charge in [-0.1, -0.05) is 31.4 Å². The first-order chi connectivity index (χ1) is 7.20. The maximum absolute atomic E-state index is 10.1. The Morgan fingerprint density at radius 1 is 1.25 bits per heavy atom. The van der Waals surface area contributed by atoms with E-state index in [2.05, 4.69) is 31.4 Å². The van der Waals surface area contributed by atoms with E-state index >= 15 is 0 Å². The molecule has 96 valence electrons. The molecule has 0 aromatic rings. The highest BCUT2D eigenvalue weighted by Crippen LogP contribution is 2.19. The molecule has 0 spiro atoms. The molecule has 1 unspecified atom stereocenters. The molecule has 4 heteroatoms. The van der Waals surface area contributed by atoms with E-state index in [1.807, 2.05) is 6.92 Å². The van der Waals surface area contributed by atoms with Crippen molar-refractivity contribution in [3.8, 4) is 0 Å². The van der Waals surface area contributed by atoms with Gasteiger partial charge < -0.3 is 14.6 Å². The van der Waals surface area contributed by atoms with Crippen LogP contribution in [0.1, 0.15) is 19.8 Å². The average Bonchev–Trinajstić information content (AvgIpc) is 2.11. The summed E-state index contributed by atoms with van der Waals surface area (Å²) >= 11 is 0. The third-order valence-electron chi connectivity index (χ3n) is 2.31. The average molecular weight is 246 g/mol. The predicted octanol–water partition coefficient (Wildman–Crippen LogP) is 2.57. The van der Waals surface area contributed by atoms with E-state index in [9.17, 15) is 5.11 Å². The van der Waals surface area contributed by atoms with E-state index in [0.717, 1.165) is 0 Å². The van der Waals surface area contributed by atoms with Crippen LogP contribution in [0.25, 0.3) is 0 Å². The van der Waals surface area contributed by atoms with Gasteiger partial charge in [-0.25, -0.2) is 0 Å². The van der Waals surface area contributed by atoms with E-state index in [0.29, 0.717) is 12.8 Å². The van der Waals surface area contributed by atoms with Crippen LogP contribution in [0.15, 0.2) is 11.8 Å². The quantitative estimate of drug-likeness (QED) is 0.554. The number of hydrogen-bond acceptors (Lipinski definition) is 3. The van der Waals surface area contributed by atoms with Gasteiger partial charge in [-0.05, 0) is 13.3 Å². The number of ether oxygens (including phenoxy) is 2. The van der Waals surface area contributed by atoms with Crippen LogP contribution in [0.4, 0.5) is 0 Å². The van der Waals surface area contributed by atoms with Crippen LogP contribution >= 0.6 is 0 Å². The zero-order valence-electron chi connectivity index (χ0n) is 11.4. The molecule has 0 aliphatic rings. The Kier molecular flexibility index (Phi) is 6.48. The maximum Gasteiger partial charge on any atom is 0.159 e. The summed E-state index contributed by atoms with van der Waals surface area (Å²) in [5.74, 6) is 0. The lowest BCUT2D eigenvalue weighted by molar-refractivity contribution is -0.139. The minimum Gasteiger partial charge on any atom is -0.390 e. The summed E-state index contributed by atoms with van der Waals surface area (Å²) in [7, 11) is 2.00. The van der Waals surface area contributed by atoms with Crippen LogP contribution < -0.4 is 0 Å². The lowest BCUT2D eigenvalue weighted by atomic mass is 9.98. The number of aliphatic hydroxyl groups is 1. The Balaban J connectivity index is 4.19. The third kappa shape index (κ3) is 8.04. The highest BCUT2D eigenvalue weighted by atomic mass is 28.3. The van der Waals surface area contributed by atoms with E-state index in [-0.39, 0.29) is 6.29 Å². The number of rotatable bonds is 7. The molecule has 0 saturated heterocycles. The topological polar surface area (TPSA) is 38.7 Å². The molecule has 0 radical (unpaired) electrons. The fourth-order valence-electron chi connectivity index (χ4n) is 1.37. The molecule has 3 nitrogen and oxygen atoms in total. The van der Waals surface area contributed by atoms with Gasteiger partial charge >= 0.3 is 0 Å². The molecule has 0 aromatic carbocycles. The van der Waals surface area contributed by atoms with Gasteiger partial charge in [0, 0.05) is 20.6 Å². The second kappa shape index (κ2) is 6.54. The Morgan fingerprint density at radius 3 is 2.12 bits per heavy atom. The summed E-state index contributed by atoms with van der Waals surface area (Å²) in [6.07, 6.45) is 2.86. The van der Waals surface area contributed by atoms with Gasteiger partial charge in [0.2, 0.25) is 0 Å². The molecule has 1 atom stereocenters. The van der Waals surface area contributed by atoms with Crippen molar-refractivity contribution in [3.63, 3.8) is 0 Å². The molecule has 0 bridgehead atoms. The van der Waals surface area contributed by atoms with Crippen molar-refractivity contribution in [1.82, 2.24) is 0 Å². The summed E-state index contributed by atoms with van der Waals surface area (Å²) in [5, 5.41) is 10.1. The van der Waals surface area contributed by atoms with Crippen molar-refractivity contribution in [3.05, 3.63) is 11.8 Å². The summed E-state index contributed by atoms with van der Waals surface area (Å²) in [6, 6.07) is 0. The molecule has 1 N–H and O–H groups in total. The molecule has 0 heterocycles. The van der Waals surface area contributed by atoms with Crippen LogP contribution in [-0.4, -0.2) is 39.3 Å². The second-order valence-electron chi connectivity index (χ2n) is 5.57. The highest BCUT2D eigenvalue weighted by Gasteiger charge is 2.24. The van der Waals surface area contributed by atoms with Crippen molar-refractivity contribution in [1.29, 1.82) is 0 Å². The lowest BCUT2D eigenvalue weighted by Crippen LogP contribution is -2.31. The monoisotopic (exact) mass is 246 g/mol. The summed E-state index contributed by atoms with van der Waals surface area (Å²) in [6.45, 7) is 8.62. The molecule has 0 aliphatic carbocycles. The fourth-order valence-corrected chi connectivity index (χ4v) is 2.20. The van der Waals surface area contributed by atoms with Crippen molar-refractivity contribution >= 4 is 8.07 Å². The summed E-state index contributed by atoms with van der Waals surface area (Å²) in [5.41, 5.74) is 1.48. The summed E-state index contributed by atoms with van der Waals surface area (Å²) in [4.78, 5) is 0. The third-order valence-corrected chi connectivity index (χ3v) is 3.54. The van der Waals surface area contributed by atoms with E-state index in [1.165, 1.54) is 0 Å². The minimum atomic E-state index is -1.17. The first-order valence-electron chi connectivity index (χ1n) is 5.66. The van der Waals surface area contributed by atoms with Gasteiger partial charge in [-0.15, -0.1) is 0 Å². The molecule has 16 heavy (non-hydrogen) atoms. The zero-order chi connectivity index (χ0) is 12.8. The first-order valence-corrected chi connectivity index (χ1v) is 9.23. The number of methoxy groups -OCH3 is 2. The van der Waals surface area contributed by atoms with Crippen molar-refractivity contribution in [2.75, 3.05) is 14.2 Å². The van der Waals surface area contributed by atoms with Gasteiger partial charge in [-0.3, -0.25) is 0 Å². The predicted molar refractivity (Wildman–Crippen MR) is 70.1 cm³/mol. The number of hydrogen-bond donors (Lipinski definition) is 1. The Bertz CT molecular complexity index is 215. The molecule has 0 amide bonds. The van der Waals surface area contributed by atoms with Gasteiger partial charge in [0.1, 0.15) is 0 Å². The van der Waals surface area contributed by atoms with E-state index in [4.69, 9.17) is 9.47 Å². The smallest absolute Gasteiger partial charge is 0.159 e. The fraction of sp³-hybridized carbons (Fsp3) is 0.833. The highest BCUT2D eigenvalue weighted by molar-refractivity contribution is 6.80. The van der Waals surface area contributed by atoms with E-state index in [1.54, 1.807) is 14.2 Å². The van der Waals surface area contributed by atoms with Crippen LogP contribution in [-0.2, 0) is 9.47 Å². The summed E-state index contributed by atoms with van der Waals surface area (Å²) < 4.78 is 10.2.